The number of hydrogen-bond acceptors (Lipinski definition) is 3. The second kappa shape index (κ2) is 8.02. The predicted molar refractivity (Wildman–Crippen MR) is 112 cm³/mol. The summed E-state index contributed by atoms with van der Waals surface area (Å²) in [5.41, 5.74) is 2.45. The number of fused-ring (bicyclic) bond motifs is 1. The zero-order valence-electron chi connectivity index (χ0n) is 16.3. The van der Waals surface area contributed by atoms with Crippen molar-refractivity contribution in [3.05, 3.63) is 77.1 Å². The number of amides is 3. The Labute approximate surface area is 175 Å². The fourth-order valence-electron chi connectivity index (χ4n) is 3.24. The maximum absolute atomic E-state index is 14.1. The van der Waals surface area contributed by atoms with Gasteiger partial charge in [0.25, 0.3) is 0 Å². The van der Waals surface area contributed by atoms with Crippen LogP contribution in [0.4, 0.5) is 46.4 Å². The molecule has 0 fully saturated rings. The molecule has 31 heavy (non-hydrogen) atoms. The molecule has 0 aliphatic carbocycles. The predicted octanol–water partition coefficient (Wildman–Crippen LogP) is 5.29. The van der Waals surface area contributed by atoms with Gasteiger partial charge in [-0.05, 0) is 42.8 Å². The number of anilines is 5. The maximum atomic E-state index is 14.1. The topological polar surface area (TPSA) is 82.3 Å². The van der Waals surface area contributed by atoms with E-state index in [0.29, 0.717) is 23.9 Å². The first-order valence-electron chi connectivity index (χ1n) is 9.32. The van der Waals surface area contributed by atoms with Gasteiger partial charge in [-0.3, -0.25) is 4.79 Å². The highest BCUT2D eigenvalue weighted by Gasteiger charge is 2.18. The van der Waals surface area contributed by atoms with Gasteiger partial charge in [0.1, 0.15) is 0 Å². The SMILES string of the molecule is Cc1c(F)c(F)cc(NC(=O)Nc2cccc(Nc3ccc4c(c3)NC(=O)C4)c2)c1F. The monoisotopic (exact) mass is 426 g/mol. The molecule has 0 saturated heterocycles. The number of carbonyl (C=O) groups excluding carboxylic acids is 2. The van der Waals surface area contributed by atoms with E-state index in [-0.39, 0.29) is 5.91 Å². The molecule has 3 amide bonds. The molecule has 1 heterocycles. The Hall–Kier alpha value is -4.01. The number of nitrogens with one attached hydrogen (secondary N) is 4. The third-order valence-corrected chi connectivity index (χ3v) is 4.77. The van der Waals surface area contributed by atoms with Crippen LogP contribution in [0.25, 0.3) is 0 Å². The Morgan fingerprint density at radius 2 is 1.68 bits per heavy atom. The zero-order chi connectivity index (χ0) is 22.1. The zero-order valence-corrected chi connectivity index (χ0v) is 16.3. The van der Waals surface area contributed by atoms with E-state index in [0.717, 1.165) is 23.9 Å². The van der Waals surface area contributed by atoms with E-state index in [1.165, 1.54) is 0 Å². The van der Waals surface area contributed by atoms with Gasteiger partial charge in [0.2, 0.25) is 5.91 Å². The van der Waals surface area contributed by atoms with Crippen molar-refractivity contribution < 1.29 is 22.8 Å². The molecule has 158 valence electrons. The normalized spacial score (nSPS) is 12.2. The van der Waals surface area contributed by atoms with Crippen LogP contribution in [0.1, 0.15) is 11.1 Å². The van der Waals surface area contributed by atoms with E-state index in [2.05, 4.69) is 21.3 Å². The number of carbonyl (C=O) groups is 2. The summed E-state index contributed by atoms with van der Waals surface area (Å²) in [6.07, 6.45) is 0.349. The number of benzene rings is 3. The second-order valence-corrected chi connectivity index (χ2v) is 7.04. The number of urea groups is 1. The average molecular weight is 426 g/mol. The molecule has 0 unspecified atom stereocenters. The van der Waals surface area contributed by atoms with Crippen molar-refractivity contribution in [3.63, 3.8) is 0 Å². The summed E-state index contributed by atoms with van der Waals surface area (Å²) < 4.78 is 41.0. The van der Waals surface area contributed by atoms with Crippen molar-refractivity contribution in [2.24, 2.45) is 0 Å². The van der Waals surface area contributed by atoms with Crippen LogP contribution >= 0.6 is 0 Å². The molecule has 1 aliphatic rings. The minimum atomic E-state index is -1.30. The molecule has 6 nitrogen and oxygen atoms in total. The van der Waals surface area contributed by atoms with Crippen LogP contribution in [-0.2, 0) is 11.2 Å². The van der Waals surface area contributed by atoms with E-state index in [4.69, 9.17) is 0 Å². The van der Waals surface area contributed by atoms with Crippen LogP contribution in [-0.4, -0.2) is 11.9 Å². The molecule has 4 N–H and O–H groups in total. The largest absolute Gasteiger partial charge is 0.355 e. The molecule has 0 aromatic heterocycles. The second-order valence-electron chi connectivity index (χ2n) is 7.04. The lowest BCUT2D eigenvalue weighted by Crippen LogP contribution is -2.20. The lowest BCUT2D eigenvalue weighted by molar-refractivity contribution is -0.115. The van der Waals surface area contributed by atoms with Crippen LogP contribution < -0.4 is 21.3 Å². The fraction of sp³-hybridized carbons (Fsp3) is 0.0909. The molecule has 0 saturated carbocycles. The van der Waals surface area contributed by atoms with Gasteiger partial charge >= 0.3 is 6.03 Å². The molecule has 0 bridgehead atoms. The first kappa shape index (κ1) is 20.3. The lowest BCUT2D eigenvalue weighted by Gasteiger charge is -2.12. The Morgan fingerprint density at radius 1 is 0.935 bits per heavy atom. The van der Waals surface area contributed by atoms with E-state index in [1.54, 1.807) is 30.3 Å². The minimum absolute atomic E-state index is 0.0583. The van der Waals surface area contributed by atoms with Crippen molar-refractivity contribution in [1.82, 2.24) is 0 Å². The quantitative estimate of drug-likeness (QED) is 0.428. The number of hydrogen-bond donors (Lipinski definition) is 4. The summed E-state index contributed by atoms with van der Waals surface area (Å²) in [6.45, 7) is 1.08. The molecule has 0 spiro atoms. The lowest BCUT2D eigenvalue weighted by atomic mass is 10.1. The van der Waals surface area contributed by atoms with Crippen molar-refractivity contribution in [2.45, 2.75) is 13.3 Å². The van der Waals surface area contributed by atoms with Crippen molar-refractivity contribution >= 4 is 40.4 Å². The van der Waals surface area contributed by atoms with E-state index in [1.807, 2.05) is 12.1 Å². The first-order chi connectivity index (χ1) is 14.8. The van der Waals surface area contributed by atoms with Gasteiger partial charge in [0.15, 0.2) is 17.5 Å². The van der Waals surface area contributed by atoms with Crippen molar-refractivity contribution in [3.8, 4) is 0 Å². The van der Waals surface area contributed by atoms with E-state index >= 15 is 0 Å². The molecular weight excluding hydrogens is 409 g/mol. The van der Waals surface area contributed by atoms with E-state index in [9.17, 15) is 22.8 Å². The molecular formula is C22H17F3N4O2. The highest BCUT2D eigenvalue weighted by atomic mass is 19.2. The van der Waals surface area contributed by atoms with Gasteiger partial charge in [-0.2, -0.15) is 0 Å². The van der Waals surface area contributed by atoms with Crippen LogP contribution in [0.5, 0.6) is 0 Å². The van der Waals surface area contributed by atoms with Crippen LogP contribution in [0, 0.1) is 24.4 Å². The first-order valence-corrected chi connectivity index (χ1v) is 9.32. The van der Waals surface area contributed by atoms with Crippen LogP contribution in [0.2, 0.25) is 0 Å². The Kier molecular flexibility index (Phi) is 5.24. The van der Waals surface area contributed by atoms with Gasteiger partial charge in [-0.25, -0.2) is 18.0 Å². The summed E-state index contributed by atoms with van der Waals surface area (Å²) in [7, 11) is 0. The summed E-state index contributed by atoms with van der Waals surface area (Å²) in [5, 5.41) is 10.6. The maximum Gasteiger partial charge on any atom is 0.323 e. The Bertz CT molecular complexity index is 1210. The standard InChI is InChI=1S/C22H17F3N4O2/c1-11-20(24)16(23)10-18(21(11)25)29-22(31)27-14-4-2-3-13(8-14)26-15-6-5-12-7-19(30)28-17(12)9-15/h2-6,8-10,26H,7H2,1H3,(H,28,30)(H2,27,29,31). The minimum Gasteiger partial charge on any atom is -0.355 e. The molecule has 3 aromatic carbocycles. The number of rotatable bonds is 4. The third kappa shape index (κ3) is 4.30. The highest BCUT2D eigenvalue weighted by molar-refractivity contribution is 6.01. The molecule has 0 atom stereocenters. The number of halogens is 3. The molecule has 0 radical (unpaired) electrons. The summed E-state index contributed by atoms with van der Waals surface area (Å²) >= 11 is 0. The molecule has 4 rings (SSSR count). The summed E-state index contributed by atoms with van der Waals surface area (Å²) in [6, 6.07) is 12.0. The van der Waals surface area contributed by atoms with Crippen LogP contribution in [0.3, 0.4) is 0 Å². The highest BCUT2D eigenvalue weighted by Crippen LogP contribution is 2.29. The van der Waals surface area contributed by atoms with Crippen molar-refractivity contribution in [2.75, 3.05) is 21.3 Å². The van der Waals surface area contributed by atoms with Crippen LogP contribution in [0.15, 0.2) is 48.5 Å². The van der Waals surface area contributed by atoms with Gasteiger partial charge < -0.3 is 21.3 Å². The van der Waals surface area contributed by atoms with Gasteiger partial charge in [0, 0.05) is 34.4 Å². The van der Waals surface area contributed by atoms with Gasteiger partial charge in [-0.1, -0.05) is 12.1 Å². The summed E-state index contributed by atoms with van der Waals surface area (Å²) in [5.74, 6) is -3.66. The summed E-state index contributed by atoms with van der Waals surface area (Å²) in [4.78, 5) is 23.7. The average Bonchev–Trinajstić information content (AvgIpc) is 3.10. The van der Waals surface area contributed by atoms with Gasteiger partial charge in [0.05, 0.1) is 12.1 Å². The molecule has 9 heteroatoms. The molecule has 1 aliphatic heterocycles. The Balaban J connectivity index is 1.45. The molecule has 3 aromatic rings. The Morgan fingerprint density at radius 3 is 2.48 bits per heavy atom. The van der Waals surface area contributed by atoms with Gasteiger partial charge in [-0.15, -0.1) is 0 Å². The third-order valence-electron chi connectivity index (χ3n) is 4.77. The van der Waals surface area contributed by atoms with E-state index < -0.39 is 34.7 Å². The smallest absolute Gasteiger partial charge is 0.323 e. The van der Waals surface area contributed by atoms with Crippen molar-refractivity contribution in [1.29, 1.82) is 0 Å². The fourth-order valence-corrected chi connectivity index (χ4v) is 3.24.